The average molecular weight is 408 g/mol. The number of rotatable bonds is 8. The van der Waals surface area contributed by atoms with Crippen LogP contribution < -0.4 is 10.6 Å². The number of anilines is 2. The normalized spacial score (nSPS) is 11.5. The third-order valence-electron chi connectivity index (χ3n) is 4.47. The van der Waals surface area contributed by atoms with Crippen LogP contribution in [0.3, 0.4) is 0 Å². The maximum Gasteiger partial charge on any atom is 0.243 e. The number of hydrogen-bond acceptors (Lipinski definition) is 4. The van der Waals surface area contributed by atoms with E-state index in [4.69, 9.17) is 0 Å². The summed E-state index contributed by atoms with van der Waals surface area (Å²) >= 11 is 0. The molecule has 0 atom stereocenters. The van der Waals surface area contributed by atoms with Gasteiger partial charge in [-0.3, -0.25) is 4.79 Å². The van der Waals surface area contributed by atoms with E-state index < -0.39 is 15.8 Å². The summed E-state index contributed by atoms with van der Waals surface area (Å²) in [5, 5.41) is 5.62. The van der Waals surface area contributed by atoms with Gasteiger partial charge in [0.2, 0.25) is 15.9 Å². The molecule has 6 nitrogen and oxygen atoms in total. The summed E-state index contributed by atoms with van der Waals surface area (Å²) in [7, 11) is -3.59. The van der Waals surface area contributed by atoms with Crippen molar-refractivity contribution in [1.29, 1.82) is 0 Å². The summed E-state index contributed by atoms with van der Waals surface area (Å²) in [5.41, 5.74) is 2.52. The summed E-state index contributed by atoms with van der Waals surface area (Å²) < 4.78 is 40.1. The summed E-state index contributed by atoms with van der Waals surface area (Å²) in [6.07, 6.45) is 0. The molecule has 1 amide bonds. The first-order valence-corrected chi connectivity index (χ1v) is 10.5. The molecule has 0 bridgehead atoms. The Kier molecular flexibility index (Phi) is 7.15. The van der Waals surface area contributed by atoms with Crippen LogP contribution in [0.5, 0.6) is 0 Å². The Hall–Kier alpha value is -2.45. The number of hydrogen-bond donors (Lipinski definition) is 2. The SMILES string of the molecule is CCN(CC)S(=O)(=O)c1ccc(C)c(NCC(=O)Nc2cc(F)ccc2C)c1. The Morgan fingerprint density at radius 3 is 2.25 bits per heavy atom. The molecule has 0 aliphatic heterocycles. The number of sulfonamides is 1. The Balaban J connectivity index is 2.14. The molecule has 0 saturated heterocycles. The minimum absolute atomic E-state index is 0.0778. The van der Waals surface area contributed by atoms with Crippen molar-refractivity contribution in [3.63, 3.8) is 0 Å². The van der Waals surface area contributed by atoms with E-state index >= 15 is 0 Å². The molecule has 2 aromatic carbocycles. The Morgan fingerprint density at radius 2 is 1.61 bits per heavy atom. The van der Waals surface area contributed by atoms with Crippen molar-refractivity contribution in [3.05, 3.63) is 53.3 Å². The van der Waals surface area contributed by atoms with Gasteiger partial charge >= 0.3 is 0 Å². The maximum absolute atomic E-state index is 13.4. The highest BCUT2D eigenvalue weighted by Gasteiger charge is 2.22. The van der Waals surface area contributed by atoms with Gasteiger partial charge in [-0.05, 0) is 49.2 Å². The molecule has 0 radical (unpaired) electrons. The van der Waals surface area contributed by atoms with Crippen LogP contribution in [0.4, 0.5) is 15.8 Å². The van der Waals surface area contributed by atoms with E-state index in [1.807, 2.05) is 6.92 Å². The fourth-order valence-corrected chi connectivity index (χ4v) is 4.25. The summed E-state index contributed by atoms with van der Waals surface area (Å²) in [5.74, 6) is -0.788. The van der Waals surface area contributed by atoms with Crippen molar-refractivity contribution in [2.24, 2.45) is 0 Å². The van der Waals surface area contributed by atoms with Crippen molar-refractivity contribution in [3.8, 4) is 0 Å². The summed E-state index contributed by atoms with van der Waals surface area (Å²) in [6, 6.07) is 8.97. The monoisotopic (exact) mass is 407 g/mol. The molecule has 0 heterocycles. The van der Waals surface area contributed by atoms with Crippen LogP contribution in [0.1, 0.15) is 25.0 Å². The van der Waals surface area contributed by atoms with Crippen LogP contribution in [0.25, 0.3) is 0 Å². The van der Waals surface area contributed by atoms with Crippen LogP contribution in [0.15, 0.2) is 41.3 Å². The smallest absolute Gasteiger partial charge is 0.243 e. The van der Waals surface area contributed by atoms with E-state index in [-0.39, 0.29) is 17.3 Å². The minimum atomic E-state index is -3.59. The van der Waals surface area contributed by atoms with Gasteiger partial charge in [-0.1, -0.05) is 26.0 Å². The number of nitrogens with zero attached hydrogens (tertiary/aromatic N) is 1. The zero-order chi connectivity index (χ0) is 20.9. The molecule has 0 spiro atoms. The molecule has 0 aliphatic carbocycles. The fraction of sp³-hybridized carbons (Fsp3) is 0.350. The maximum atomic E-state index is 13.4. The molecule has 152 valence electrons. The van der Waals surface area contributed by atoms with Gasteiger partial charge in [0.1, 0.15) is 5.82 Å². The lowest BCUT2D eigenvalue weighted by Gasteiger charge is -2.19. The van der Waals surface area contributed by atoms with E-state index in [1.54, 1.807) is 39.0 Å². The van der Waals surface area contributed by atoms with Gasteiger partial charge in [0, 0.05) is 24.5 Å². The van der Waals surface area contributed by atoms with Crippen LogP contribution in [-0.2, 0) is 14.8 Å². The first-order valence-electron chi connectivity index (χ1n) is 9.09. The van der Waals surface area contributed by atoms with Crippen molar-refractivity contribution in [2.75, 3.05) is 30.3 Å². The van der Waals surface area contributed by atoms with E-state index in [1.165, 1.54) is 22.5 Å². The lowest BCUT2D eigenvalue weighted by Crippen LogP contribution is -2.30. The molecule has 0 aliphatic rings. The first kappa shape index (κ1) is 21.8. The highest BCUT2D eigenvalue weighted by atomic mass is 32.2. The molecule has 8 heteroatoms. The molecule has 0 saturated carbocycles. The second-order valence-corrected chi connectivity index (χ2v) is 8.36. The first-order chi connectivity index (χ1) is 13.2. The van der Waals surface area contributed by atoms with Crippen LogP contribution >= 0.6 is 0 Å². The zero-order valence-electron chi connectivity index (χ0n) is 16.5. The number of aryl methyl sites for hydroxylation is 2. The van der Waals surface area contributed by atoms with Crippen LogP contribution in [-0.4, -0.2) is 38.3 Å². The summed E-state index contributed by atoms with van der Waals surface area (Å²) in [4.78, 5) is 12.4. The largest absolute Gasteiger partial charge is 0.376 e. The molecule has 28 heavy (non-hydrogen) atoms. The van der Waals surface area contributed by atoms with Crippen molar-refractivity contribution >= 4 is 27.3 Å². The second kappa shape index (κ2) is 9.16. The van der Waals surface area contributed by atoms with E-state index in [0.29, 0.717) is 24.5 Å². The fourth-order valence-electron chi connectivity index (χ4n) is 2.76. The van der Waals surface area contributed by atoms with Crippen LogP contribution in [0, 0.1) is 19.7 Å². The van der Waals surface area contributed by atoms with Gasteiger partial charge < -0.3 is 10.6 Å². The zero-order valence-corrected chi connectivity index (χ0v) is 17.4. The third kappa shape index (κ3) is 5.08. The standard InChI is InChI=1S/C20H26FN3O3S/c1-5-24(6-2)28(26,27)17-10-8-14(3)18(12-17)22-13-20(25)23-19-11-16(21)9-7-15(19)4/h7-12,22H,5-6,13H2,1-4H3,(H,23,25). The van der Waals surface area contributed by atoms with Crippen molar-refractivity contribution in [2.45, 2.75) is 32.6 Å². The van der Waals surface area contributed by atoms with Gasteiger partial charge in [-0.2, -0.15) is 4.31 Å². The predicted octanol–water partition coefficient (Wildman–Crippen LogP) is 3.52. The van der Waals surface area contributed by atoms with E-state index in [0.717, 1.165) is 11.1 Å². The highest BCUT2D eigenvalue weighted by Crippen LogP contribution is 2.23. The molecule has 2 N–H and O–H groups in total. The van der Waals surface area contributed by atoms with Gasteiger partial charge in [-0.25, -0.2) is 12.8 Å². The highest BCUT2D eigenvalue weighted by molar-refractivity contribution is 7.89. The van der Waals surface area contributed by atoms with Crippen LogP contribution in [0.2, 0.25) is 0 Å². The lowest BCUT2D eigenvalue weighted by molar-refractivity contribution is -0.114. The van der Waals surface area contributed by atoms with Gasteiger partial charge in [0.25, 0.3) is 0 Å². The topological polar surface area (TPSA) is 78.5 Å². The van der Waals surface area contributed by atoms with Crippen molar-refractivity contribution in [1.82, 2.24) is 4.31 Å². The second-order valence-electron chi connectivity index (χ2n) is 6.43. The third-order valence-corrected chi connectivity index (χ3v) is 6.51. The van der Waals surface area contributed by atoms with Crippen molar-refractivity contribution < 1.29 is 17.6 Å². The molecule has 0 fully saturated rings. The van der Waals surface area contributed by atoms with E-state index in [9.17, 15) is 17.6 Å². The Morgan fingerprint density at radius 1 is 1.00 bits per heavy atom. The van der Waals surface area contributed by atoms with Gasteiger partial charge in [-0.15, -0.1) is 0 Å². The number of amides is 1. The predicted molar refractivity (Wildman–Crippen MR) is 110 cm³/mol. The summed E-state index contributed by atoms with van der Waals surface area (Å²) in [6.45, 7) is 7.85. The minimum Gasteiger partial charge on any atom is -0.376 e. The van der Waals surface area contributed by atoms with E-state index in [2.05, 4.69) is 10.6 Å². The Bertz CT molecular complexity index is 957. The number of benzene rings is 2. The molecular formula is C20H26FN3O3S. The Labute approximate surface area is 165 Å². The molecule has 2 aromatic rings. The molecule has 2 rings (SSSR count). The number of halogens is 1. The van der Waals surface area contributed by atoms with Gasteiger partial charge in [0.05, 0.1) is 11.4 Å². The average Bonchev–Trinajstić information content (AvgIpc) is 2.64. The molecule has 0 unspecified atom stereocenters. The lowest BCUT2D eigenvalue weighted by atomic mass is 10.2. The molecule has 0 aromatic heterocycles. The number of carbonyl (C=O) groups is 1. The number of carbonyl (C=O) groups excluding carboxylic acids is 1. The quantitative estimate of drug-likeness (QED) is 0.702. The molecular weight excluding hydrogens is 381 g/mol. The number of nitrogens with one attached hydrogen (secondary N) is 2. The van der Waals surface area contributed by atoms with Gasteiger partial charge in [0.15, 0.2) is 0 Å².